The Hall–Kier alpha value is -3.39. The Bertz CT molecular complexity index is 886. The number of aryl methyl sites for hydroxylation is 1. The Morgan fingerprint density at radius 1 is 1.08 bits per heavy atom. The number of terminal acetylenes is 1. The highest BCUT2D eigenvalue weighted by molar-refractivity contribution is 5.59. The molecule has 0 bridgehead atoms. The molecule has 3 rings (SSSR count). The summed E-state index contributed by atoms with van der Waals surface area (Å²) in [6, 6.07) is 15.6. The quantitative estimate of drug-likeness (QED) is 0.550. The van der Waals surface area contributed by atoms with Crippen LogP contribution in [0, 0.1) is 12.8 Å². The van der Waals surface area contributed by atoms with Crippen molar-refractivity contribution in [3.05, 3.63) is 76.8 Å². The van der Waals surface area contributed by atoms with E-state index in [0.29, 0.717) is 11.6 Å². The van der Waals surface area contributed by atoms with E-state index < -0.39 is 0 Å². The van der Waals surface area contributed by atoms with E-state index in [1.54, 1.807) is 25.5 Å². The summed E-state index contributed by atoms with van der Waals surface area (Å²) in [6.45, 7) is 0.759. The van der Waals surface area contributed by atoms with Gasteiger partial charge in [-0.05, 0) is 30.5 Å². The molecule has 0 saturated heterocycles. The van der Waals surface area contributed by atoms with Crippen LogP contribution in [0.3, 0.4) is 0 Å². The van der Waals surface area contributed by atoms with Crippen LogP contribution in [0.4, 0.5) is 5.95 Å². The van der Waals surface area contributed by atoms with E-state index in [2.05, 4.69) is 40.3 Å². The summed E-state index contributed by atoms with van der Waals surface area (Å²) in [5.41, 5.74) is 2.77. The van der Waals surface area contributed by atoms with Crippen LogP contribution in [0.5, 0.6) is 0 Å². The number of rotatable bonds is 6. The van der Waals surface area contributed by atoms with Crippen LogP contribution < -0.4 is 10.9 Å². The number of anilines is 1. The maximum absolute atomic E-state index is 12.2. The van der Waals surface area contributed by atoms with Crippen LogP contribution in [0.25, 0.3) is 11.3 Å². The number of nitrogens with zero attached hydrogens (tertiary/aromatic N) is 3. The van der Waals surface area contributed by atoms with Crippen LogP contribution in [-0.4, -0.2) is 21.1 Å². The van der Waals surface area contributed by atoms with Gasteiger partial charge in [0.1, 0.15) is 0 Å². The Morgan fingerprint density at radius 2 is 1.77 bits per heavy atom. The van der Waals surface area contributed by atoms with E-state index in [9.17, 15) is 4.79 Å². The lowest BCUT2D eigenvalue weighted by atomic mass is 10.1. The maximum atomic E-state index is 12.2. The molecule has 2 aromatic heterocycles. The standard InChI is InChI=1S/C19H20N4O.C2H2/c1-23-18(24)14-17(16-9-12-20-13-10-16)22-19(23)21-11-5-8-15-6-3-2-4-7-15;1-2/h2-4,6-7,9-10,12-14H,5,8,11H2,1H3,(H,21,22);1-2H. The Morgan fingerprint density at radius 3 is 2.46 bits per heavy atom. The second-order valence-electron chi connectivity index (χ2n) is 5.61. The minimum Gasteiger partial charge on any atom is -0.356 e. The Labute approximate surface area is 153 Å². The number of aromatic nitrogens is 3. The van der Waals surface area contributed by atoms with Crippen molar-refractivity contribution in [1.29, 1.82) is 0 Å². The zero-order valence-corrected chi connectivity index (χ0v) is 14.8. The highest BCUT2D eigenvalue weighted by atomic mass is 16.1. The van der Waals surface area contributed by atoms with Crippen LogP contribution >= 0.6 is 0 Å². The molecule has 0 radical (unpaired) electrons. The number of hydrogen-bond donors (Lipinski definition) is 1. The van der Waals surface area contributed by atoms with Gasteiger partial charge in [0, 0.05) is 37.6 Å². The molecule has 0 aliphatic heterocycles. The monoisotopic (exact) mass is 346 g/mol. The summed E-state index contributed by atoms with van der Waals surface area (Å²) < 4.78 is 1.53. The molecule has 5 nitrogen and oxygen atoms in total. The first-order valence-electron chi connectivity index (χ1n) is 8.33. The molecule has 5 heteroatoms. The van der Waals surface area contributed by atoms with E-state index in [1.165, 1.54) is 10.1 Å². The van der Waals surface area contributed by atoms with Crippen LogP contribution in [0.15, 0.2) is 65.7 Å². The van der Waals surface area contributed by atoms with Gasteiger partial charge < -0.3 is 5.32 Å². The van der Waals surface area contributed by atoms with Gasteiger partial charge in [-0.2, -0.15) is 0 Å². The molecule has 2 heterocycles. The van der Waals surface area contributed by atoms with Gasteiger partial charge in [-0.15, -0.1) is 12.8 Å². The van der Waals surface area contributed by atoms with Crippen molar-refractivity contribution < 1.29 is 0 Å². The van der Waals surface area contributed by atoms with Crippen LogP contribution in [0.2, 0.25) is 0 Å². The van der Waals surface area contributed by atoms with Crippen molar-refractivity contribution in [1.82, 2.24) is 14.5 Å². The molecule has 0 fully saturated rings. The molecule has 26 heavy (non-hydrogen) atoms. The SMILES string of the molecule is C#C.Cn1c(NCCCc2ccccc2)nc(-c2ccncc2)cc1=O. The second kappa shape index (κ2) is 9.80. The first kappa shape index (κ1) is 18.9. The predicted molar refractivity (Wildman–Crippen MR) is 106 cm³/mol. The Balaban J connectivity index is 0.00000117. The third-order valence-electron chi connectivity index (χ3n) is 3.88. The fourth-order valence-electron chi connectivity index (χ4n) is 2.51. The largest absolute Gasteiger partial charge is 0.356 e. The van der Waals surface area contributed by atoms with Gasteiger partial charge in [-0.25, -0.2) is 4.98 Å². The van der Waals surface area contributed by atoms with Crippen molar-refractivity contribution in [3.8, 4) is 24.1 Å². The lowest BCUT2D eigenvalue weighted by molar-refractivity contribution is 0.796. The van der Waals surface area contributed by atoms with Crippen LogP contribution in [0.1, 0.15) is 12.0 Å². The molecule has 132 valence electrons. The summed E-state index contributed by atoms with van der Waals surface area (Å²) in [6.07, 6.45) is 13.4. The number of nitrogens with one attached hydrogen (secondary N) is 1. The molecule has 0 atom stereocenters. The van der Waals surface area contributed by atoms with E-state index in [1.807, 2.05) is 30.3 Å². The van der Waals surface area contributed by atoms with E-state index >= 15 is 0 Å². The van der Waals surface area contributed by atoms with Gasteiger partial charge in [0.05, 0.1) is 5.69 Å². The second-order valence-corrected chi connectivity index (χ2v) is 5.61. The smallest absolute Gasteiger partial charge is 0.255 e. The van der Waals surface area contributed by atoms with Gasteiger partial charge >= 0.3 is 0 Å². The average Bonchev–Trinajstić information content (AvgIpc) is 2.71. The Kier molecular flexibility index (Phi) is 7.14. The normalized spacial score (nSPS) is 9.81. The molecule has 3 aromatic rings. The third-order valence-corrected chi connectivity index (χ3v) is 3.88. The zero-order chi connectivity index (χ0) is 18.8. The van der Waals surface area contributed by atoms with Crippen LogP contribution in [-0.2, 0) is 13.5 Å². The molecule has 0 unspecified atom stereocenters. The predicted octanol–water partition coefficient (Wildman–Crippen LogP) is 3.14. The minimum absolute atomic E-state index is 0.0811. The number of hydrogen-bond acceptors (Lipinski definition) is 4. The molecular weight excluding hydrogens is 324 g/mol. The first-order valence-corrected chi connectivity index (χ1v) is 8.33. The lowest BCUT2D eigenvalue weighted by Crippen LogP contribution is -2.22. The lowest BCUT2D eigenvalue weighted by Gasteiger charge is -2.11. The average molecular weight is 346 g/mol. The molecule has 0 aliphatic rings. The zero-order valence-electron chi connectivity index (χ0n) is 14.8. The molecule has 0 aliphatic carbocycles. The van der Waals surface area contributed by atoms with E-state index in [4.69, 9.17) is 0 Å². The fourth-order valence-corrected chi connectivity index (χ4v) is 2.51. The van der Waals surface area contributed by atoms with Crippen molar-refractivity contribution in [2.24, 2.45) is 7.05 Å². The molecule has 1 aromatic carbocycles. The highest BCUT2D eigenvalue weighted by Crippen LogP contribution is 2.15. The molecule has 0 amide bonds. The molecule has 1 N–H and O–H groups in total. The summed E-state index contributed by atoms with van der Waals surface area (Å²) in [4.78, 5) is 20.7. The first-order chi connectivity index (χ1) is 12.7. The fraction of sp³-hybridized carbons (Fsp3) is 0.190. The summed E-state index contributed by atoms with van der Waals surface area (Å²) >= 11 is 0. The van der Waals surface area contributed by atoms with Crippen molar-refractivity contribution in [2.45, 2.75) is 12.8 Å². The minimum atomic E-state index is -0.0811. The summed E-state index contributed by atoms with van der Waals surface area (Å²) in [7, 11) is 1.73. The topological polar surface area (TPSA) is 59.8 Å². The van der Waals surface area contributed by atoms with Gasteiger partial charge in [0.15, 0.2) is 0 Å². The third kappa shape index (κ3) is 5.05. The van der Waals surface area contributed by atoms with Gasteiger partial charge in [0.2, 0.25) is 5.95 Å². The maximum Gasteiger partial charge on any atom is 0.255 e. The van der Waals surface area contributed by atoms with Gasteiger partial charge in [-0.1, -0.05) is 30.3 Å². The van der Waals surface area contributed by atoms with Gasteiger partial charge in [-0.3, -0.25) is 14.3 Å². The van der Waals surface area contributed by atoms with Gasteiger partial charge in [0.25, 0.3) is 5.56 Å². The van der Waals surface area contributed by atoms with Crippen molar-refractivity contribution >= 4 is 5.95 Å². The molecule has 0 saturated carbocycles. The number of benzene rings is 1. The van der Waals surface area contributed by atoms with Crippen molar-refractivity contribution in [2.75, 3.05) is 11.9 Å². The van der Waals surface area contributed by atoms with E-state index in [0.717, 1.165) is 24.9 Å². The highest BCUT2D eigenvalue weighted by Gasteiger charge is 2.07. The number of pyridine rings is 1. The summed E-state index contributed by atoms with van der Waals surface area (Å²) in [5, 5.41) is 3.27. The van der Waals surface area contributed by atoms with Crippen molar-refractivity contribution in [3.63, 3.8) is 0 Å². The van der Waals surface area contributed by atoms with E-state index in [-0.39, 0.29) is 5.56 Å². The summed E-state index contributed by atoms with van der Waals surface area (Å²) in [5.74, 6) is 0.586. The molecular formula is C21H22N4O. The molecule has 0 spiro atoms.